The highest BCUT2D eigenvalue weighted by Gasteiger charge is 2.53. The molecule has 0 unspecified atom stereocenters. The zero-order valence-electron chi connectivity index (χ0n) is 11.3. The molecule has 0 aromatic carbocycles. The highest BCUT2D eigenvalue weighted by molar-refractivity contribution is 7.92. The molecule has 7 heteroatoms. The molecule has 0 bridgehead atoms. The maximum Gasteiger partial charge on any atom is 0.187 e. The summed E-state index contributed by atoms with van der Waals surface area (Å²) in [6, 6.07) is 0. The molecule has 3 aliphatic carbocycles. The lowest BCUT2D eigenvalue weighted by Crippen LogP contribution is -2.18. The highest BCUT2D eigenvalue weighted by Crippen LogP contribution is 2.61. The van der Waals surface area contributed by atoms with Crippen LogP contribution in [-0.4, -0.2) is 24.6 Å². The Morgan fingerprint density at radius 3 is 2.55 bits per heavy atom. The van der Waals surface area contributed by atoms with Crippen molar-refractivity contribution in [3.63, 3.8) is 0 Å². The van der Waals surface area contributed by atoms with Crippen LogP contribution in [0.15, 0.2) is 4.90 Å². The summed E-state index contributed by atoms with van der Waals surface area (Å²) in [5.74, 6) is 1.02. The fourth-order valence-electron chi connectivity index (χ4n) is 3.07. The topological polar surface area (TPSA) is 85.1 Å². The van der Waals surface area contributed by atoms with Gasteiger partial charge in [-0.25, -0.2) is 8.42 Å². The number of aromatic nitrogens is 1. The van der Waals surface area contributed by atoms with E-state index in [9.17, 15) is 8.42 Å². The third kappa shape index (κ3) is 2.02. The van der Waals surface area contributed by atoms with E-state index in [4.69, 9.17) is 5.73 Å². The Labute approximate surface area is 123 Å². The minimum atomic E-state index is -3.28. The summed E-state index contributed by atoms with van der Waals surface area (Å²) in [5.41, 5.74) is 6.23. The predicted octanol–water partition coefficient (Wildman–Crippen LogP) is 2.26. The molecule has 4 rings (SSSR count). The lowest BCUT2D eigenvalue weighted by atomic mass is 10.0. The average molecular weight is 313 g/mol. The zero-order valence-corrected chi connectivity index (χ0v) is 12.9. The summed E-state index contributed by atoms with van der Waals surface area (Å²) in [7, 11) is -3.28. The van der Waals surface area contributed by atoms with E-state index in [2.05, 4.69) is 9.69 Å². The van der Waals surface area contributed by atoms with E-state index in [0.717, 1.165) is 25.3 Å². The average Bonchev–Trinajstić information content (AvgIpc) is 3.26. The minimum absolute atomic E-state index is 0.167. The van der Waals surface area contributed by atoms with Crippen molar-refractivity contribution in [3.8, 4) is 0 Å². The molecule has 1 aromatic rings. The summed E-state index contributed by atoms with van der Waals surface area (Å²) < 4.78 is 28.9. The Bertz CT molecular complexity index is 641. The molecule has 0 atom stereocenters. The molecule has 3 N–H and O–H groups in total. The van der Waals surface area contributed by atoms with Gasteiger partial charge in [-0.05, 0) is 61.4 Å². The van der Waals surface area contributed by atoms with E-state index < -0.39 is 9.84 Å². The largest absolute Gasteiger partial charge is 0.382 e. The SMILES string of the molecule is Nc1nsc(NCC2(C3CC3)CC2)c1S(=O)(=O)C1CC1. The van der Waals surface area contributed by atoms with Gasteiger partial charge in [0.15, 0.2) is 15.7 Å². The Morgan fingerprint density at radius 2 is 2.00 bits per heavy atom. The van der Waals surface area contributed by atoms with Crippen LogP contribution < -0.4 is 11.1 Å². The van der Waals surface area contributed by atoms with Crippen molar-refractivity contribution in [2.45, 2.75) is 48.7 Å². The minimum Gasteiger partial charge on any atom is -0.382 e. The molecule has 3 aliphatic rings. The normalized spacial score (nSPS) is 24.6. The fourth-order valence-corrected chi connectivity index (χ4v) is 5.95. The van der Waals surface area contributed by atoms with Gasteiger partial charge in [-0.2, -0.15) is 4.37 Å². The van der Waals surface area contributed by atoms with Crippen LogP contribution in [0.5, 0.6) is 0 Å². The van der Waals surface area contributed by atoms with Gasteiger partial charge in [0, 0.05) is 6.54 Å². The number of anilines is 2. The van der Waals surface area contributed by atoms with Crippen LogP contribution in [0.4, 0.5) is 10.8 Å². The smallest absolute Gasteiger partial charge is 0.187 e. The van der Waals surface area contributed by atoms with Crippen molar-refractivity contribution in [1.82, 2.24) is 4.37 Å². The van der Waals surface area contributed by atoms with Crippen LogP contribution in [0.2, 0.25) is 0 Å². The van der Waals surface area contributed by atoms with E-state index in [1.54, 1.807) is 0 Å². The molecule has 0 amide bonds. The second kappa shape index (κ2) is 4.10. The first kappa shape index (κ1) is 12.9. The van der Waals surface area contributed by atoms with Crippen LogP contribution in [0, 0.1) is 11.3 Å². The van der Waals surface area contributed by atoms with Crippen molar-refractivity contribution in [1.29, 1.82) is 0 Å². The molecule has 20 heavy (non-hydrogen) atoms. The highest BCUT2D eigenvalue weighted by atomic mass is 32.2. The summed E-state index contributed by atoms with van der Waals surface area (Å²) in [6.45, 7) is 0.868. The van der Waals surface area contributed by atoms with Crippen LogP contribution in [0.1, 0.15) is 38.5 Å². The number of sulfone groups is 1. The maximum atomic E-state index is 12.4. The first-order valence-electron chi connectivity index (χ1n) is 7.26. The third-order valence-corrected chi connectivity index (χ3v) is 8.14. The van der Waals surface area contributed by atoms with E-state index >= 15 is 0 Å². The molecule has 3 fully saturated rings. The molecular formula is C13H19N3O2S2. The van der Waals surface area contributed by atoms with Crippen LogP contribution in [0.3, 0.4) is 0 Å². The van der Waals surface area contributed by atoms with Crippen molar-refractivity contribution in [2.75, 3.05) is 17.6 Å². The van der Waals surface area contributed by atoms with Gasteiger partial charge in [0.2, 0.25) is 0 Å². The van der Waals surface area contributed by atoms with Crippen molar-refractivity contribution in [2.24, 2.45) is 11.3 Å². The molecule has 3 saturated carbocycles. The number of nitrogens with zero attached hydrogens (tertiary/aromatic N) is 1. The van der Waals surface area contributed by atoms with Gasteiger partial charge in [0.1, 0.15) is 9.90 Å². The maximum absolute atomic E-state index is 12.4. The second-order valence-corrected chi connectivity index (χ2v) is 9.40. The van der Waals surface area contributed by atoms with Gasteiger partial charge < -0.3 is 11.1 Å². The lowest BCUT2D eigenvalue weighted by Gasteiger charge is -2.15. The molecule has 110 valence electrons. The molecular weight excluding hydrogens is 294 g/mol. The predicted molar refractivity (Wildman–Crippen MR) is 79.6 cm³/mol. The van der Waals surface area contributed by atoms with Crippen molar-refractivity contribution >= 4 is 32.2 Å². The molecule has 0 aliphatic heterocycles. The van der Waals surface area contributed by atoms with Crippen molar-refractivity contribution < 1.29 is 8.42 Å². The lowest BCUT2D eigenvalue weighted by molar-refractivity contribution is 0.467. The van der Waals surface area contributed by atoms with Crippen LogP contribution in [-0.2, 0) is 9.84 Å². The Hall–Kier alpha value is -0.820. The van der Waals surface area contributed by atoms with E-state index in [1.165, 1.54) is 37.2 Å². The number of nitrogens with one attached hydrogen (secondary N) is 1. The summed E-state index contributed by atoms with van der Waals surface area (Å²) in [6.07, 6.45) is 6.71. The molecule has 0 spiro atoms. The standard InChI is InChI=1S/C13H19N3O2S2/c14-11-10(20(17,18)9-3-4-9)12(19-16-11)15-7-13(5-6-13)8-1-2-8/h8-9,15H,1-7H2,(H2,14,16). The van der Waals surface area contributed by atoms with Crippen LogP contribution >= 0.6 is 11.5 Å². The Kier molecular flexibility index (Phi) is 2.64. The number of nitrogens with two attached hydrogens (primary N) is 1. The molecule has 1 aromatic heterocycles. The van der Waals surface area contributed by atoms with E-state index in [-0.39, 0.29) is 16.0 Å². The van der Waals surface area contributed by atoms with E-state index in [0.29, 0.717) is 10.4 Å². The number of rotatable bonds is 6. The first-order valence-corrected chi connectivity index (χ1v) is 9.58. The van der Waals surface area contributed by atoms with Gasteiger partial charge >= 0.3 is 0 Å². The number of nitrogen functional groups attached to an aromatic ring is 1. The van der Waals surface area contributed by atoms with Gasteiger partial charge in [-0.3, -0.25) is 0 Å². The van der Waals surface area contributed by atoms with Crippen LogP contribution in [0.25, 0.3) is 0 Å². The molecule has 1 heterocycles. The molecule has 0 radical (unpaired) electrons. The van der Waals surface area contributed by atoms with Gasteiger partial charge in [0.25, 0.3) is 0 Å². The Balaban J connectivity index is 1.56. The van der Waals surface area contributed by atoms with Gasteiger partial charge in [-0.1, -0.05) is 0 Å². The zero-order chi connectivity index (χ0) is 14.0. The summed E-state index contributed by atoms with van der Waals surface area (Å²) >= 11 is 1.18. The Morgan fingerprint density at radius 1 is 1.30 bits per heavy atom. The monoisotopic (exact) mass is 313 g/mol. The molecule has 0 saturated heterocycles. The quantitative estimate of drug-likeness (QED) is 0.841. The van der Waals surface area contributed by atoms with Gasteiger partial charge in [0.05, 0.1) is 5.25 Å². The second-order valence-electron chi connectivity index (χ2n) is 6.46. The molecule has 5 nitrogen and oxygen atoms in total. The van der Waals surface area contributed by atoms with E-state index in [1.807, 2.05) is 0 Å². The van der Waals surface area contributed by atoms with Crippen molar-refractivity contribution in [3.05, 3.63) is 0 Å². The first-order chi connectivity index (χ1) is 9.53. The number of hydrogen-bond acceptors (Lipinski definition) is 6. The number of hydrogen-bond donors (Lipinski definition) is 2. The summed E-state index contributed by atoms with van der Waals surface area (Å²) in [5, 5.41) is 3.76. The third-order valence-electron chi connectivity index (χ3n) is 4.86. The summed E-state index contributed by atoms with van der Waals surface area (Å²) in [4.78, 5) is 0.261. The van der Waals surface area contributed by atoms with Gasteiger partial charge in [-0.15, -0.1) is 0 Å². The fraction of sp³-hybridized carbons (Fsp3) is 0.769.